The van der Waals surface area contributed by atoms with Gasteiger partial charge < -0.3 is 4.74 Å². The summed E-state index contributed by atoms with van der Waals surface area (Å²) in [4.78, 5) is 17.5. The summed E-state index contributed by atoms with van der Waals surface area (Å²) in [5.74, 6) is -0.706. The van der Waals surface area contributed by atoms with Crippen molar-refractivity contribution in [2.45, 2.75) is 32.5 Å². The van der Waals surface area contributed by atoms with Gasteiger partial charge in [0, 0.05) is 13.0 Å². The lowest BCUT2D eigenvalue weighted by molar-refractivity contribution is -0.186. The van der Waals surface area contributed by atoms with E-state index < -0.39 is 6.29 Å². The predicted molar refractivity (Wildman–Crippen MR) is 80.4 cm³/mol. The Morgan fingerprint density at radius 3 is 2.87 bits per heavy atom. The maximum Gasteiger partial charge on any atom is 0.278 e. The van der Waals surface area contributed by atoms with Crippen molar-refractivity contribution in [3.8, 4) is 5.69 Å². The molecule has 0 spiro atoms. The average molecular weight is 319 g/mol. The van der Waals surface area contributed by atoms with Gasteiger partial charge in [0.25, 0.3) is 5.91 Å². The molecule has 1 amide bonds. The Hall–Kier alpha value is -2.25. The van der Waals surface area contributed by atoms with Crippen LogP contribution in [0.5, 0.6) is 0 Å². The third kappa shape index (κ3) is 3.57. The van der Waals surface area contributed by atoms with Crippen molar-refractivity contribution in [2.75, 3.05) is 6.61 Å². The zero-order chi connectivity index (χ0) is 16.2. The summed E-state index contributed by atoms with van der Waals surface area (Å²) in [5.41, 5.74) is 4.12. The molecule has 0 bridgehead atoms. The third-order valence-electron chi connectivity index (χ3n) is 3.75. The first-order valence-corrected chi connectivity index (χ1v) is 7.53. The van der Waals surface area contributed by atoms with E-state index in [9.17, 15) is 9.18 Å². The number of hydrogen-bond acceptors (Lipinski definition) is 4. The summed E-state index contributed by atoms with van der Waals surface area (Å²) in [6.45, 7) is 2.41. The molecule has 2 heterocycles. The normalized spacial score (nSPS) is 17.9. The highest BCUT2D eigenvalue weighted by Crippen LogP contribution is 2.16. The molecule has 1 atom stereocenters. The Morgan fingerprint density at radius 2 is 2.17 bits per heavy atom. The van der Waals surface area contributed by atoms with Crippen LogP contribution in [0.2, 0.25) is 0 Å². The number of halogens is 1. The number of carbonyl (C=O) groups excluding carboxylic acids is 1. The molecule has 1 N–H and O–H groups in total. The SMILES string of the molecule is Cc1c(C(=O)NOC2CCCCO2)cnn1-c1ccc(F)cc1. The van der Waals surface area contributed by atoms with Crippen LogP contribution in [0.25, 0.3) is 5.69 Å². The summed E-state index contributed by atoms with van der Waals surface area (Å²) in [5, 5.41) is 4.18. The van der Waals surface area contributed by atoms with Gasteiger partial charge in [-0.25, -0.2) is 19.4 Å². The van der Waals surface area contributed by atoms with Crippen LogP contribution in [0, 0.1) is 12.7 Å². The number of hydroxylamine groups is 1. The molecule has 0 radical (unpaired) electrons. The van der Waals surface area contributed by atoms with E-state index in [-0.39, 0.29) is 11.7 Å². The Morgan fingerprint density at radius 1 is 1.39 bits per heavy atom. The molecular weight excluding hydrogens is 301 g/mol. The Balaban J connectivity index is 1.68. The number of nitrogens with one attached hydrogen (secondary N) is 1. The van der Waals surface area contributed by atoms with Crippen LogP contribution in [-0.2, 0) is 9.57 Å². The number of carbonyl (C=O) groups is 1. The number of nitrogens with zero attached hydrogens (tertiary/aromatic N) is 2. The van der Waals surface area contributed by atoms with Crippen LogP contribution in [0.4, 0.5) is 4.39 Å². The van der Waals surface area contributed by atoms with E-state index in [1.807, 2.05) is 0 Å². The van der Waals surface area contributed by atoms with Crippen LogP contribution in [0.15, 0.2) is 30.5 Å². The first kappa shape index (κ1) is 15.6. The van der Waals surface area contributed by atoms with Gasteiger partial charge in [0.15, 0.2) is 6.29 Å². The molecule has 1 saturated heterocycles. The fraction of sp³-hybridized carbons (Fsp3) is 0.375. The minimum atomic E-state index is -0.403. The Kier molecular flexibility index (Phi) is 4.68. The number of benzene rings is 1. The fourth-order valence-corrected chi connectivity index (χ4v) is 2.45. The van der Waals surface area contributed by atoms with Gasteiger partial charge in [0.1, 0.15) is 5.82 Å². The van der Waals surface area contributed by atoms with Gasteiger partial charge in [-0.2, -0.15) is 5.10 Å². The highest BCUT2D eigenvalue weighted by molar-refractivity contribution is 5.94. The molecule has 23 heavy (non-hydrogen) atoms. The van der Waals surface area contributed by atoms with E-state index in [0.717, 1.165) is 19.3 Å². The minimum Gasteiger partial charge on any atom is -0.350 e. The number of ether oxygens (including phenoxy) is 1. The molecule has 2 aromatic rings. The molecule has 3 rings (SSSR count). The topological polar surface area (TPSA) is 65.4 Å². The molecule has 7 heteroatoms. The summed E-state index contributed by atoms with van der Waals surface area (Å²) < 4.78 is 20.0. The second kappa shape index (κ2) is 6.89. The van der Waals surface area contributed by atoms with Gasteiger partial charge in [0.05, 0.1) is 23.1 Å². The molecule has 122 valence electrons. The van der Waals surface area contributed by atoms with Gasteiger partial charge in [-0.1, -0.05) is 0 Å². The molecular formula is C16H18FN3O3. The van der Waals surface area contributed by atoms with Crippen molar-refractivity contribution < 1.29 is 18.8 Å². The molecule has 1 aliphatic heterocycles. The second-order valence-electron chi connectivity index (χ2n) is 5.38. The standard InChI is InChI=1S/C16H18FN3O3/c1-11-14(16(21)19-23-15-4-2-3-9-22-15)10-18-20(11)13-7-5-12(17)6-8-13/h5-8,10,15H,2-4,9H2,1H3,(H,19,21). The Labute approximate surface area is 133 Å². The summed E-state index contributed by atoms with van der Waals surface area (Å²) in [6, 6.07) is 5.90. The number of rotatable bonds is 4. The number of aromatic nitrogens is 2. The molecule has 0 saturated carbocycles. The van der Waals surface area contributed by atoms with Crippen molar-refractivity contribution in [1.29, 1.82) is 0 Å². The lowest BCUT2D eigenvalue weighted by atomic mass is 10.2. The molecule has 6 nitrogen and oxygen atoms in total. The molecule has 0 aliphatic carbocycles. The minimum absolute atomic E-state index is 0.322. The van der Waals surface area contributed by atoms with Crippen LogP contribution in [-0.4, -0.2) is 28.6 Å². The second-order valence-corrected chi connectivity index (χ2v) is 5.38. The lowest BCUT2D eigenvalue weighted by Gasteiger charge is -2.22. The first-order chi connectivity index (χ1) is 11.1. The van der Waals surface area contributed by atoms with E-state index in [2.05, 4.69) is 10.6 Å². The van der Waals surface area contributed by atoms with Crippen molar-refractivity contribution >= 4 is 5.91 Å². The van der Waals surface area contributed by atoms with Gasteiger partial charge >= 0.3 is 0 Å². The predicted octanol–water partition coefficient (Wildman–Crippen LogP) is 2.51. The van der Waals surface area contributed by atoms with Crippen LogP contribution in [0.1, 0.15) is 35.3 Å². The molecule has 1 fully saturated rings. The molecule has 1 aliphatic rings. The third-order valence-corrected chi connectivity index (χ3v) is 3.75. The highest BCUT2D eigenvalue weighted by atomic mass is 19.1. The smallest absolute Gasteiger partial charge is 0.278 e. The summed E-state index contributed by atoms with van der Waals surface area (Å²) in [7, 11) is 0. The zero-order valence-electron chi connectivity index (χ0n) is 12.8. The van der Waals surface area contributed by atoms with Crippen molar-refractivity contribution in [3.05, 3.63) is 47.5 Å². The van der Waals surface area contributed by atoms with Gasteiger partial charge in [-0.15, -0.1) is 0 Å². The molecule has 1 aromatic carbocycles. The Bertz CT molecular complexity index is 678. The molecule has 1 aromatic heterocycles. The maximum absolute atomic E-state index is 13.0. The van der Waals surface area contributed by atoms with Crippen LogP contribution < -0.4 is 5.48 Å². The largest absolute Gasteiger partial charge is 0.350 e. The van der Waals surface area contributed by atoms with Crippen LogP contribution in [0.3, 0.4) is 0 Å². The number of hydrogen-bond donors (Lipinski definition) is 1. The molecule has 1 unspecified atom stereocenters. The summed E-state index contributed by atoms with van der Waals surface area (Å²) >= 11 is 0. The van der Waals surface area contributed by atoms with E-state index in [4.69, 9.17) is 9.57 Å². The van der Waals surface area contributed by atoms with Crippen molar-refractivity contribution in [1.82, 2.24) is 15.3 Å². The van der Waals surface area contributed by atoms with Crippen molar-refractivity contribution in [2.24, 2.45) is 0 Å². The van der Waals surface area contributed by atoms with Gasteiger partial charge in [-0.3, -0.25) is 4.79 Å². The average Bonchev–Trinajstić information content (AvgIpc) is 2.96. The zero-order valence-corrected chi connectivity index (χ0v) is 12.8. The van der Waals surface area contributed by atoms with Crippen LogP contribution >= 0.6 is 0 Å². The number of amides is 1. The van der Waals surface area contributed by atoms with E-state index in [0.29, 0.717) is 23.6 Å². The van der Waals surface area contributed by atoms with E-state index >= 15 is 0 Å². The van der Waals surface area contributed by atoms with Gasteiger partial charge in [-0.05, 0) is 44.0 Å². The quantitative estimate of drug-likeness (QED) is 0.880. The van der Waals surface area contributed by atoms with E-state index in [1.165, 1.54) is 18.3 Å². The maximum atomic E-state index is 13.0. The van der Waals surface area contributed by atoms with Crippen molar-refractivity contribution in [3.63, 3.8) is 0 Å². The summed E-state index contributed by atoms with van der Waals surface area (Å²) in [6.07, 6.45) is 3.84. The monoisotopic (exact) mass is 319 g/mol. The fourth-order valence-electron chi connectivity index (χ4n) is 2.45. The first-order valence-electron chi connectivity index (χ1n) is 7.53. The highest BCUT2D eigenvalue weighted by Gasteiger charge is 2.19. The lowest BCUT2D eigenvalue weighted by Crippen LogP contribution is -2.33. The van der Waals surface area contributed by atoms with E-state index in [1.54, 1.807) is 23.7 Å². The van der Waals surface area contributed by atoms with Gasteiger partial charge in [0.2, 0.25) is 0 Å².